The SMILES string of the molecule is CC1=C2C=CC(Br)=CN2C(C#N)=CC1. The van der Waals surface area contributed by atoms with E-state index in [1.807, 2.05) is 29.3 Å². The number of nitrogens with zero attached hydrogens (tertiary/aromatic N) is 2. The van der Waals surface area contributed by atoms with Crippen molar-refractivity contribution in [2.24, 2.45) is 0 Å². The van der Waals surface area contributed by atoms with E-state index in [1.165, 1.54) is 5.57 Å². The van der Waals surface area contributed by atoms with Crippen LogP contribution in [0, 0.1) is 11.3 Å². The number of rotatable bonds is 0. The average Bonchev–Trinajstić information content (AvgIpc) is 2.18. The van der Waals surface area contributed by atoms with Gasteiger partial charge in [0, 0.05) is 16.4 Å². The predicted molar refractivity (Wildman–Crippen MR) is 59.0 cm³/mol. The number of hydrogen-bond donors (Lipinski definition) is 0. The Hall–Kier alpha value is -1.27. The van der Waals surface area contributed by atoms with Crippen molar-refractivity contribution in [3.63, 3.8) is 0 Å². The maximum absolute atomic E-state index is 8.95. The van der Waals surface area contributed by atoms with E-state index in [9.17, 15) is 0 Å². The Morgan fingerprint density at radius 1 is 1.50 bits per heavy atom. The molecular formula is C11H9BrN2. The van der Waals surface area contributed by atoms with Crippen LogP contribution in [0.4, 0.5) is 0 Å². The summed E-state index contributed by atoms with van der Waals surface area (Å²) in [6.07, 6.45) is 8.77. The standard InChI is InChI=1S/C11H9BrN2/c1-8-2-4-10(6-13)14-7-9(12)3-5-11(8)14/h3-5,7H,2H2,1H3. The van der Waals surface area contributed by atoms with Gasteiger partial charge in [-0.2, -0.15) is 5.26 Å². The first kappa shape index (κ1) is 9.29. The first-order chi connectivity index (χ1) is 6.72. The van der Waals surface area contributed by atoms with Crippen LogP contribution < -0.4 is 0 Å². The molecule has 0 saturated carbocycles. The highest BCUT2D eigenvalue weighted by molar-refractivity contribution is 9.11. The Balaban J connectivity index is 2.47. The van der Waals surface area contributed by atoms with E-state index in [2.05, 4.69) is 28.9 Å². The third kappa shape index (κ3) is 1.42. The minimum absolute atomic E-state index is 0.701. The first-order valence-electron chi connectivity index (χ1n) is 4.37. The van der Waals surface area contributed by atoms with E-state index >= 15 is 0 Å². The first-order valence-corrected chi connectivity index (χ1v) is 5.16. The van der Waals surface area contributed by atoms with Crippen LogP contribution >= 0.6 is 15.9 Å². The van der Waals surface area contributed by atoms with Crippen molar-refractivity contribution in [2.45, 2.75) is 13.3 Å². The second-order valence-corrected chi connectivity index (χ2v) is 4.20. The summed E-state index contributed by atoms with van der Waals surface area (Å²) >= 11 is 3.40. The summed E-state index contributed by atoms with van der Waals surface area (Å²) in [6, 6.07) is 2.20. The molecule has 3 heteroatoms. The molecule has 0 amide bonds. The Bertz CT molecular complexity index is 433. The minimum Gasteiger partial charge on any atom is -0.307 e. The molecular weight excluding hydrogens is 240 g/mol. The van der Waals surface area contributed by atoms with Gasteiger partial charge in [-0.3, -0.25) is 0 Å². The van der Waals surface area contributed by atoms with Crippen LogP contribution in [0.2, 0.25) is 0 Å². The molecule has 0 fully saturated rings. The van der Waals surface area contributed by atoms with Gasteiger partial charge in [-0.15, -0.1) is 0 Å². The van der Waals surface area contributed by atoms with Crippen molar-refractivity contribution in [1.29, 1.82) is 5.26 Å². The summed E-state index contributed by atoms with van der Waals surface area (Å²) in [6.45, 7) is 2.09. The average molecular weight is 249 g/mol. The van der Waals surface area contributed by atoms with Gasteiger partial charge >= 0.3 is 0 Å². The van der Waals surface area contributed by atoms with Crippen LogP contribution in [0.3, 0.4) is 0 Å². The van der Waals surface area contributed by atoms with Crippen molar-refractivity contribution in [1.82, 2.24) is 4.90 Å². The summed E-state index contributed by atoms with van der Waals surface area (Å²) in [7, 11) is 0. The molecule has 2 rings (SSSR count). The van der Waals surface area contributed by atoms with E-state index in [4.69, 9.17) is 5.26 Å². The van der Waals surface area contributed by atoms with Crippen molar-refractivity contribution in [3.8, 4) is 6.07 Å². The zero-order valence-electron chi connectivity index (χ0n) is 7.79. The molecule has 0 N–H and O–H groups in total. The molecule has 0 aromatic heterocycles. The Morgan fingerprint density at radius 2 is 2.29 bits per heavy atom. The highest BCUT2D eigenvalue weighted by Gasteiger charge is 2.19. The summed E-state index contributed by atoms with van der Waals surface area (Å²) in [5.41, 5.74) is 3.11. The normalized spacial score (nSPS) is 19.9. The quantitative estimate of drug-likeness (QED) is 0.659. The van der Waals surface area contributed by atoms with Gasteiger partial charge in [0.1, 0.15) is 11.8 Å². The largest absolute Gasteiger partial charge is 0.307 e. The lowest BCUT2D eigenvalue weighted by Crippen LogP contribution is -2.20. The van der Waals surface area contributed by atoms with Crippen LogP contribution in [0.5, 0.6) is 0 Å². The maximum atomic E-state index is 8.95. The third-order valence-corrected chi connectivity index (χ3v) is 2.79. The van der Waals surface area contributed by atoms with Crippen molar-refractivity contribution < 1.29 is 0 Å². The van der Waals surface area contributed by atoms with Gasteiger partial charge in [0.05, 0.1) is 0 Å². The third-order valence-electron chi connectivity index (χ3n) is 2.33. The van der Waals surface area contributed by atoms with Gasteiger partial charge in [0.2, 0.25) is 0 Å². The molecule has 14 heavy (non-hydrogen) atoms. The van der Waals surface area contributed by atoms with Crippen LogP contribution in [0.25, 0.3) is 0 Å². The minimum atomic E-state index is 0.701. The summed E-state index contributed by atoms with van der Waals surface area (Å²) in [5.74, 6) is 0. The zero-order valence-corrected chi connectivity index (χ0v) is 9.37. The fourth-order valence-electron chi connectivity index (χ4n) is 1.57. The topological polar surface area (TPSA) is 27.0 Å². The van der Waals surface area contributed by atoms with Crippen LogP contribution in [0.15, 0.2) is 45.9 Å². The molecule has 0 saturated heterocycles. The highest BCUT2D eigenvalue weighted by atomic mass is 79.9. The monoisotopic (exact) mass is 248 g/mol. The maximum Gasteiger partial charge on any atom is 0.121 e. The molecule has 2 nitrogen and oxygen atoms in total. The highest BCUT2D eigenvalue weighted by Crippen LogP contribution is 2.31. The van der Waals surface area contributed by atoms with E-state index in [1.54, 1.807) is 0 Å². The second-order valence-electron chi connectivity index (χ2n) is 3.29. The van der Waals surface area contributed by atoms with Gasteiger partial charge in [-0.25, -0.2) is 0 Å². The lowest BCUT2D eigenvalue weighted by Gasteiger charge is -2.28. The summed E-state index contributed by atoms with van der Waals surface area (Å²) < 4.78 is 0.983. The van der Waals surface area contributed by atoms with Crippen molar-refractivity contribution >= 4 is 15.9 Å². The molecule has 2 aliphatic rings. The van der Waals surface area contributed by atoms with E-state index in [0.29, 0.717) is 5.70 Å². The van der Waals surface area contributed by atoms with Crippen LogP contribution in [0.1, 0.15) is 13.3 Å². The van der Waals surface area contributed by atoms with Crippen molar-refractivity contribution in [3.05, 3.63) is 45.9 Å². The number of halogens is 1. The molecule has 2 heterocycles. The molecule has 0 aromatic carbocycles. The molecule has 0 atom stereocenters. The number of fused-ring (bicyclic) bond motifs is 1. The van der Waals surface area contributed by atoms with Gasteiger partial charge in [0.15, 0.2) is 0 Å². The summed E-state index contributed by atoms with van der Waals surface area (Å²) in [5, 5.41) is 8.95. The molecule has 0 bridgehead atoms. The molecule has 0 aromatic rings. The molecule has 0 radical (unpaired) electrons. The van der Waals surface area contributed by atoms with Gasteiger partial charge in [0.25, 0.3) is 0 Å². The van der Waals surface area contributed by atoms with Crippen molar-refractivity contribution in [2.75, 3.05) is 0 Å². The van der Waals surface area contributed by atoms with Gasteiger partial charge in [-0.05, 0) is 53.1 Å². The molecule has 2 aliphatic heterocycles. The number of nitriles is 1. The molecule has 0 unspecified atom stereocenters. The van der Waals surface area contributed by atoms with E-state index in [0.717, 1.165) is 16.6 Å². The Labute approximate surface area is 91.6 Å². The van der Waals surface area contributed by atoms with Gasteiger partial charge < -0.3 is 4.90 Å². The smallest absolute Gasteiger partial charge is 0.121 e. The van der Waals surface area contributed by atoms with Gasteiger partial charge in [-0.1, -0.05) is 0 Å². The lowest BCUT2D eigenvalue weighted by molar-refractivity contribution is 0.583. The van der Waals surface area contributed by atoms with E-state index < -0.39 is 0 Å². The summed E-state index contributed by atoms with van der Waals surface area (Å²) in [4.78, 5) is 1.92. The fraction of sp³-hybridized carbons (Fsp3) is 0.182. The number of hydrogen-bond acceptors (Lipinski definition) is 2. The molecule has 0 aliphatic carbocycles. The van der Waals surface area contributed by atoms with Crippen LogP contribution in [-0.2, 0) is 0 Å². The molecule has 0 spiro atoms. The Morgan fingerprint density at radius 3 is 3.00 bits per heavy atom. The molecule has 70 valence electrons. The van der Waals surface area contributed by atoms with E-state index in [-0.39, 0.29) is 0 Å². The predicted octanol–water partition coefficient (Wildman–Crippen LogP) is 3.18. The zero-order chi connectivity index (χ0) is 10.1. The second kappa shape index (κ2) is 3.47. The fourth-order valence-corrected chi connectivity index (χ4v) is 1.91. The number of allylic oxidation sites excluding steroid dienone is 6. The Kier molecular flexibility index (Phi) is 2.30. The van der Waals surface area contributed by atoms with Crippen LogP contribution in [-0.4, -0.2) is 4.90 Å². The lowest BCUT2D eigenvalue weighted by atomic mass is 10.0.